The number of alkyl halides is 7. The Morgan fingerprint density at radius 2 is 1.43 bits per heavy atom. The van der Waals surface area contributed by atoms with Crippen molar-refractivity contribution >= 4 is 33.4 Å². The molecule has 2 saturated heterocycles. The van der Waals surface area contributed by atoms with Crippen molar-refractivity contribution in [3.05, 3.63) is 78.0 Å². The molecule has 0 spiro atoms. The SMILES string of the molecule is O=C(O)[C@H](Cc1cccc2c(-c3ncc(CN4CCC(F)CC4)c4ccccc34)cccc12)NC(=O)C1(C(F)(F)F)CCN(CC(F)(F)F)CC1. The third-order valence-electron chi connectivity index (χ3n) is 10.2. The number of fused-ring (bicyclic) bond motifs is 2. The van der Waals surface area contributed by atoms with E-state index < -0.39 is 74.3 Å². The summed E-state index contributed by atoms with van der Waals surface area (Å²) in [4.78, 5) is 33.5. The van der Waals surface area contributed by atoms with E-state index >= 15 is 0 Å². The van der Waals surface area contributed by atoms with Gasteiger partial charge in [-0.15, -0.1) is 0 Å². The fraction of sp³-hybridized carbons (Fsp3) is 0.432. The predicted octanol–water partition coefficient (Wildman–Crippen LogP) is 7.31. The summed E-state index contributed by atoms with van der Waals surface area (Å²) >= 11 is 0. The first-order valence-electron chi connectivity index (χ1n) is 16.8. The number of halogens is 7. The number of piperidine rings is 2. The highest BCUT2D eigenvalue weighted by Crippen LogP contribution is 2.47. The number of nitrogens with one attached hydrogen (secondary N) is 1. The van der Waals surface area contributed by atoms with Crippen molar-refractivity contribution in [1.82, 2.24) is 20.1 Å². The van der Waals surface area contributed by atoms with E-state index in [1.807, 2.05) is 42.6 Å². The molecule has 1 aromatic heterocycles. The van der Waals surface area contributed by atoms with E-state index in [2.05, 4.69) is 10.2 Å². The zero-order valence-electron chi connectivity index (χ0n) is 27.5. The molecule has 3 aromatic carbocycles. The second-order valence-electron chi connectivity index (χ2n) is 13.5. The third-order valence-corrected chi connectivity index (χ3v) is 10.2. The highest BCUT2D eigenvalue weighted by molar-refractivity contribution is 6.05. The van der Waals surface area contributed by atoms with E-state index in [4.69, 9.17) is 4.98 Å². The lowest BCUT2D eigenvalue weighted by atomic mass is 9.76. The van der Waals surface area contributed by atoms with Crippen molar-refractivity contribution in [1.29, 1.82) is 0 Å². The summed E-state index contributed by atoms with van der Waals surface area (Å²) in [5, 5.41) is 15.3. The zero-order valence-corrected chi connectivity index (χ0v) is 27.5. The maximum atomic E-state index is 14.4. The zero-order chi connectivity index (χ0) is 36.6. The van der Waals surface area contributed by atoms with Crippen LogP contribution in [0.25, 0.3) is 32.8 Å². The number of likely N-dealkylation sites (tertiary alicyclic amines) is 2. The van der Waals surface area contributed by atoms with Gasteiger partial charge in [-0.05, 0) is 66.1 Å². The minimum Gasteiger partial charge on any atom is -0.480 e. The van der Waals surface area contributed by atoms with Crippen molar-refractivity contribution < 1.29 is 45.4 Å². The minimum absolute atomic E-state index is 0.349. The number of aromatic nitrogens is 1. The van der Waals surface area contributed by atoms with E-state index in [1.54, 1.807) is 24.3 Å². The molecule has 0 saturated carbocycles. The molecule has 4 aromatic rings. The van der Waals surface area contributed by atoms with Gasteiger partial charge in [0.2, 0.25) is 5.91 Å². The average Bonchev–Trinajstić information content (AvgIpc) is 3.08. The molecule has 272 valence electrons. The van der Waals surface area contributed by atoms with E-state index in [0.717, 1.165) is 26.8 Å². The molecule has 2 N–H and O–H groups in total. The summed E-state index contributed by atoms with van der Waals surface area (Å²) in [6.07, 6.45) is -9.95. The Hall–Kier alpha value is -4.30. The quantitative estimate of drug-likeness (QED) is 0.177. The lowest BCUT2D eigenvalue weighted by molar-refractivity contribution is -0.236. The highest BCUT2D eigenvalue weighted by Gasteiger charge is 2.61. The summed E-state index contributed by atoms with van der Waals surface area (Å²) in [5.41, 5.74) is -0.160. The Kier molecular flexibility index (Phi) is 10.3. The lowest BCUT2D eigenvalue weighted by Gasteiger charge is -2.42. The molecule has 51 heavy (non-hydrogen) atoms. The summed E-state index contributed by atoms with van der Waals surface area (Å²) in [6.45, 7) is -0.739. The predicted molar refractivity (Wildman–Crippen MR) is 178 cm³/mol. The van der Waals surface area contributed by atoms with E-state index in [-0.39, 0.29) is 6.42 Å². The van der Waals surface area contributed by atoms with Crippen LogP contribution in [-0.2, 0) is 22.6 Å². The molecule has 0 unspecified atom stereocenters. The molecule has 1 amide bonds. The van der Waals surface area contributed by atoms with Crippen LogP contribution in [0.5, 0.6) is 0 Å². The normalized spacial score (nSPS) is 18.6. The monoisotopic (exact) mass is 718 g/mol. The number of carboxylic acid groups (broad SMARTS) is 1. The summed E-state index contributed by atoms with van der Waals surface area (Å²) in [6, 6.07) is 16.6. The molecule has 0 aliphatic carbocycles. The van der Waals surface area contributed by atoms with Crippen molar-refractivity contribution in [3.63, 3.8) is 0 Å². The van der Waals surface area contributed by atoms with Crippen LogP contribution in [0, 0.1) is 5.41 Å². The van der Waals surface area contributed by atoms with Gasteiger partial charge in [-0.3, -0.25) is 19.6 Å². The van der Waals surface area contributed by atoms with Gasteiger partial charge < -0.3 is 10.4 Å². The van der Waals surface area contributed by atoms with Crippen molar-refractivity contribution in [2.75, 3.05) is 32.7 Å². The number of pyridine rings is 1. The average molecular weight is 719 g/mol. The Bertz CT molecular complexity index is 1900. The van der Waals surface area contributed by atoms with Crippen LogP contribution in [-0.4, -0.2) is 89.1 Å². The van der Waals surface area contributed by atoms with Crippen LogP contribution in [0.2, 0.25) is 0 Å². The molecule has 2 fully saturated rings. The number of hydrogen-bond donors (Lipinski definition) is 2. The second kappa shape index (κ2) is 14.4. The number of carboxylic acids is 1. The summed E-state index contributed by atoms with van der Waals surface area (Å²) < 4.78 is 95.6. The van der Waals surface area contributed by atoms with Crippen LogP contribution in [0.1, 0.15) is 36.8 Å². The fourth-order valence-corrected chi connectivity index (χ4v) is 7.35. The number of carbonyl (C=O) groups is 2. The van der Waals surface area contributed by atoms with Crippen molar-refractivity contribution in [2.45, 2.75) is 63.2 Å². The molecule has 14 heteroatoms. The van der Waals surface area contributed by atoms with Gasteiger partial charge in [0, 0.05) is 43.2 Å². The number of carbonyl (C=O) groups excluding carboxylic acids is 1. The molecule has 2 aliphatic heterocycles. The summed E-state index contributed by atoms with van der Waals surface area (Å²) in [5.74, 6) is -3.12. The number of amides is 1. The molecule has 1 atom stereocenters. The second-order valence-corrected chi connectivity index (χ2v) is 13.5. The standard InChI is InChI=1S/C37H37F7N4O3/c38-25-11-15-47(16-12-25)21-24-20-45-32(29-7-2-1-6-27(24)29)30-10-4-8-26-23(5-3-9-28(26)30)19-31(33(49)50)46-34(51)35(37(42,43)44)13-17-48(18-14-35)22-36(39,40)41/h1-10,20,25,31H,11-19,21-22H2,(H,46,51)(H,49,50)/t31-/m0/s1. The number of nitrogens with zero attached hydrogens (tertiary/aromatic N) is 3. The maximum absolute atomic E-state index is 14.4. The van der Waals surface area contributed by atoms with Gasteiger partial charge in [0.05, 0.1) is 12.2 Å². The van der Waals surface area contributed by atoms with Crippen LogP contribution in [0.4, 0.5) is 30.7 Å². The number of rotatable bonds is 9. The first-order chi connectivity index (χ1) is 24.1. The van der Waals surface area contributed by atoms with Crippen LogP contribution < -0.4 is 5.32 Å². The molecular formula is C37H37F7N4O3. The molecule has 2 aliphatic rings. The van der Waals surface area contributed by atoms with Crippen molar-refractivity contribution in [3.8, 4) is 11.3 Å². The van der Waals surface area contributed by atoms with Gasteiger partial charge in [-0.2, -0.15) is 26.3 Å². The van der Waals surface area contributed by atoms with Crippen molar-refractivity contribution in [2.24, 2.45) is 5.41 Å². The van der Waals surface area contributed by atoms with Gasteiger partial charge >= 0.3 is 18.3 Å². The van der Waals surface area contributed by atoms with Gasteiger partial charge in [0.1, 0.15) is 17.6 Å². The van der Waals surface area contributed by atoms with Gasteiger partial charge in [0.15, 0.2) is 0 Å². The summed E-state index contributed by atoms with van der Waals surface area (Å²) in [7, 11) is 0. The molecule has 6 rings (SSSR count). The number of aliphatic carboxylic acids is 1. The fourth-order valence-electron chi connectivity index (χ4n) is 7.35. The Balaban J connectivity index is 1.27. The molecule has 3 heterocycles. The van der Waals surface area contributed by atoms with Gasteiger partial charge in [0.25, 0.3) is 0 Å². The van der Waals surface area contributed by atoms with Crippen LogP contribution in [0.15, 0.2) is 66.9 Å². The molecule has 0 bridgehead atoms. The van der Waals surface area contributed by atoms with E-state index in [9.17, 15) is 45.4 Å². The highest BCUT2D eigenvalue weighted by atomic mass is 19.4. The Morgan fingerprint density at radius 1 is 0.824 bits per heavy atom. The molecular weight excluding hydrogens is 681 g/mol. The van der Waals surface area contributed by atoms with Gasteiger partial charge in [-0.25, -0.2) is 9.18 Å². The Morgan fingerprint density at radius 3 is 2.08 bits per heavy atom. The first kappa shape index (κ1) is 36.5. The third kappa shape index (κ3) is 7.81. The Labute approximate surface area is 289 Å². The lowest BCUT2D eigenvalue weighted by Crippen LogP contribution is -2.59. The van der Waals surface area contributed by atoms with E-state index in [1.165, 1.54) is 0 Å². The molecule has 0 radical (unpaired) electrons. The van der Waals surface area contributed by atoms with Gasteiger partial charge in [-0.1, -0.05) is 60.7 Å². The smallest absolute Gasteiger partial charge is 0.403 e. The minimum atomic E-state index is -5.12. The van der Waals surface area contributed by atoms with Crippen LogP contribution in [0.3, 0.4) is 0 Å². The maximum Gasteiger partial charge on any atom is 0.403 e. The molecule has 7 nitrogen and oxygen atoms in total. The number of hydrogen-bond acceptors (Lipinski definition) is 5. The van der Waals surface area contributed by atoms with E-state index in [0.29, 0.717) is 54.5 Å². The first-order valence-corrected chi connectivity index (χ1v) is 16.8. The number of benzene rings is 3. The topological polar surface area (TPSA) is 85.8 Å². The largest absolute Gasteiger partial charge is 0.480 e. The van der Waals surface area contributed by atoms with Crippen LogP contribution >= 0.6 is 0 Å².